The molecule has 7 heteroatoms. The summed E-state index contributed by atoms with van der Waals surface area (Å²) in [6, 6.07) is 4.17. The van der Waals surface area contributed by atoms with Gasteiger partial charge in [0.2, 0.25) is 0 Å². The minimum atomic E-state index is 0.578. The highest BCUT2D eigenvalue weighted by Gasteiger charge is 2.03. The molecule has 0 aliphatic heterocycles. The molecule has 0 spiro atoms. The van der Waals surface area contributed by atoms with Crippen molar-refractivity contribution >= 4 is 33.6 Å². The zero-order valence-electron chi connectivity index (χ0n) is 11.7. The van der Waals surface area contributed by atoms with E-state index < -0.39 is 0 Å². The second kappa shape index (κ2) is 6.73. The number of hydrogen-bond acceptors (Lipinski definition) is 4. The summed E-state index contributed by atoms with van der Waals surface area (Å²) in [5.74, 6) is 0.822. The van der Waals surface area contributed by atoms with Crippen LogP contribution in [0.5, 0.6) is 0 Å². The number of guanidine groups is 1. The highest BCUT2D eigenvalue weighted by atomic mass is 32.1. The van der Waals surface area contributed by atoms with Crippen LogP contribution in [0.4, 0.5) is 0 Å². The summed E-state index contributed by atoms with van der Waals surface area (Å²) in [4.78, 5) is 11.4. The fourth-order valence-corrected chi connectivity index (χ4v) is 3.30. The maximum absolute atomic E-state index is 4.59. The molecular formula is C14H17N5S2. The van der Waals surface area contributed by atoms with Crippen LogP contribution in [-0.4, -0.2) is 21.9 Å². The van der Waals surface area contributed by atoms with Gasteiger partial charge in [0.1, 0.15) is 0 Å². The number of thiazole rings is 1. The molecule has 0 fully saturated rings. The van der Waals surface area contributed by atoms with Crippen molar-refractivity contribution in [3.8, 4) is 0 Å². The average Bonchev–Trinajstić information content (AvgIpc) is 3.18. The lowest BCUT2D eigenvalue weighted by Gasteiger charge is -2.09. The third kappa shape index (κ3) is 3.62. The van der Waals surface area contributed by atoms with Gasteiger partial charge in [0.25, 0.3) is 0 Å². The van der Waals surface area contributed by atoms with E-state index in [1.165, 1.54) is 4.88 Å². The van der Waals surface area contributed by atoms with Crippen LogP contribution >= 0.6 is 22.7 Å². The van der Waals surface area contributed by atoms with Crippen molar-refractivity contribution in [1.29, 1.82) is 0 Å². The molecule has 110 valence electrons. The summed E-state index contributed by atoms with van der Waals surface area (Å²) in [5, 5.41) is 10.7. The van der Waals surface area contributed by atoms with Gasteiger partial charge < -0.3 is 10.6 Å². The minimum Gasteiger partial charge on any atom is -0.357 e. The first-order chi connectivity index (χ1) is 10.3. The van der Waals surface area contributed by atoms with Crippen LogP contribution < -0.4 is 10.6 Å². The average molecular weight is 319 g/mol. The molecule has 3 rings (SSSR count). The number of nitrogens with one attached hydrogen (secondary N) is 2. The highest BCUT2D eigenvalue weighted by molar-refractivity contribution is 7.15. The van der Waals surface area contributed by atoms with Crippen molar-refractivity contribution < 1.29 is 0 Å². The highest BCUT2D eigenvalue weighted by Crippen LogP contribution is 2.12. The second-order valence-electron chi connectivity index (χ2n) is 4.45. The Kier molecular flexibility index (Phi) is 4.52. The van der Waals surface area contributed by atoms with Crippen LogP contribution in [0.2, 0.25) is 0 Å². The Balaban J connectivity index is 1.63. The number of rotatable bonds is 5. The molecule has 2 N–H and O–H groups in total. The Bertz CT molecular complexity index is 682. The second-order valence-corrected chi connectivity index (χ2v) is 6.36. The molecule has 3 aromatic heterocycles. The summed E-state index contributed by atoms with van der Waals surface area (Å²) in [5.41, 5.74) is 0.982. The molecular weight excluding hydrogens is 302 g/mol. The number of fused-ring (bicyclic) bond motifs is 1. The lowest BCUT2D eigenvalue weighted by molar-refractivity contribution is 0.820. The standard InChI is InChI=1S/C14H17N5S2/c1-2-15-13(17-9-12-4-3-6-20-12)16-8-11-10-19-5-7-21-14(19)18-11/h3-7,10H,2,8-9H2,1H3,(H2,15,16,17). The Labute approximate surface area is 131 Å². The van der Waals surface area contributed by atoms with Crippen molar-refractivity contribution in [3.05, 3.63) is 45.9 Å². The topological polar surface area (TPSA) is 53.7 Å². The molecule has 0 radical (unpaired) electrons. The van der Waals surface area contributed by atoms with Gasteiger partial charge in [-0.25, -0.2) is 9.98 Å². The van der Waals surface area contributed by atoms with Crippen molar-refractivity contribution in [2.24, 2.45) is 4.99 Å². The molecule has 0 aliphatic carbocycles. The smallest absolute Gasteiger partial charge is 0.193 e. The van der Waals surface area contributed by atoms with Crippen molar-refractivity contribution in [2.75, 3.05) is 6.54 Å². The van der Waals surface area contributed by atoms with E-state index >= 15 is 0 Å². The summed E-state index contributed by atoms with van der Waals surface area (Å²) in [7, 11) is 0. The Hall–Kier alpha value is -1.86. The molecule has 0 aliphatic rings. The Morgan fingerprint density at radius 3 is 3.05 bits per heavy atom. The lowest BCUT2D eigenvalue weighted by Crippen LogP contribution is -2.36. The third-order valence-electron chi connectivity index (χ3n) is 2.90. The first-order valence-electron chi connectivity index (χ1n) is 6.81. The summed E-state index contributed by atoms with van der Waals surface area (Å²) < 4.78 is 2.03. The van der Waals surface area contributed by atoms with E-state index in [1.54, 1.807) is 22.7 Å². The van der Waals surface area contributed by atoms with Crippen LogP contribution in [0.15, 0.2) is 40.3 Å². The van der Waals surface area contributed by atoms with Crippen LogP contribution in [0.25, 0.3) is 4.96 Å². The van der Waals surface area contributed by atoms with Gasteiger partial charge in [-0.15, -0.1) is 22.7 Å². The number of imidazole rings is 1. The molecule has 0 atom stereocenters. The summed E-state index contributed by atoms with van der Waals surface area (Å²) >= 11 is 3.38. The quantitative estimate of drug-likeness (QED) is 0.561. The Morgan fingerprint density at radius 1 is 1.33 bits per heavy atom. The summed E-state index contributed by atoms with van der Waals surface area (Å²) in [6.45, 7) is 4.28. The fourth-order valence-electron chi connectivity index (χ4n) is 1.94. The van der Waals surface area contributed by atoms with Gasteiger partial charge in [0.05, 0.1) is 18.8 Å². The molecule has 0 saturated carbocycles. The van der Waals surface area contributed by atoms with Crippen molar-refractivity contribution in [1.82, 2.24) is 20.0 Å². The molecule has 0 amide bonds. The largest absolute Gasteiger partial charge is 0.357 e. The number of thiophene rings is 1. The van der Waals surface area contributed by atoms with E-state index in [0.29, 0.717) is 6.54 Å². The van der Waals surface area contributed by atoms with Gasteiger partial charge in [-0.3, -0.25) is 4.40 Å². The van der Waals surface area contributed by atoms with Crippen LogP contribution in [0.3, 0.4) is 0 Å². The summed E-state index contributed by atoms with van der Waals surface area (Å²) in [6.07, 6.45) is 4.04. The van der Waals surface area contributed by atoms with Crippen LogP contribution in [0.1, 0.15) is 17.5 Å². The van der Waals surface area contributed by atoms with E-state index in [1.807, 2.05) is 22.2 Å². The van der Waals surface area contributed by atoms with Crippen molar-refractivity contribution in [2.45, 2.75) is 20.0 Å². The van der Waals surface area contributed by atoms with E-state index in [0.717, 1.165) is 29.7 Å². The number of nitrogens with zero attached hydrogens (tertiary/aromatic N) is 3. The predicted molar refractivity (Wildman–Crippen MR) is 89.0 cm³/mol. The normalized spacial score (nSPS) is 12.0. The van der Waals surface area contributed by atoms with E-state index in [-0.39, 0.29) is 0 Å². The third-order valence-corrected chi connectivity index (χ3v) is 4.54. The molecule has 0 bridgehead atoms. The fraction of sp³-hybridized carbons (Fsp3) is 0.286. The van der Waals surface area contributed by atoms with Gasteiger partial charge in [-0.1, -0.05) is 6.07 Å². The number of hydrogen-bond donors (Lipinski definition) is 2. The number of aromatic nitrogens is 2. The molecule has 0 aromatic carbocycles. The molecule has 0 unspecified atom stereocenters. The van der Waals surface area contributed by atoms with Gasteiger partial charge in [-0.2, -0.15) is 0 Å². The minimum absolute atomic E-state index is 0.578. The van der Waals surface area contributed by atoms with Gasteiger partial charge in [0.15, 0.2) is 10.9 Å². The monoisotopic (exact) mass is 319 g/mol. The van der Waals surface area contributed by atoms with Gasteiger partial charge in [0, 0.05) is 29.2 Å². The molecule has 21 heavy (non-hydrogen) atoms. The van der Waals surface area contributed by atoms with Crippen LogP contribution in [0, 0.1) is 0 Å². The molecule has 0 saturated heterocycles. The first-order valence-corrected chi connectivity index (χ1v) is 8.56. The first kappa shape index (κ1) is 14.1. The van der Waals surface area contributed by atoms with E-state index in [4.69, 9.17) is 0 Å². The SMILES string of the molecule is CCNC(=NCc1cn2ccsc2n1)NCc1cccs1. The predicted octanol–water partition coefficient (Wildman–Crippen LogP) is 2.71. The zero-order valence-corrected chi connectivity index (χ0v) is 13.4. The number of aliphatic imine (C=N–C) groups is 1. The lowest BCUT2D eigenvalue weighted by atomic mass is 10.4. The zero-order chi connectivity index (χ0) is 14.5. The van der Waals surface area contributed by atoms with Crippen molar-refractivity contribution in [3.63, 3.8) is 0 Å². The maximum Gasteiger partial charge on any atom is 0.193 e. The van der Waals surface area contributed by atoms with Gasteiger partial charge in [-0.05, 0) is 18.4 Å². The van der Waals surface area contributed by atoms with E-state index in [9.17, 15) is 0 Å². The van der Waals surface area contributed by atoms with Gasteiger partial charge >= 0.3 is 0 Å². The van der Waals surface area contributed by atoms with E-state index in [2.05, 4.69) is 45.0 Å². The molecule has 5 nitrogen and oxygen atoms in total. The Morgan fingerprint density at radius 2 is 2.29 bits per heavy atom. The maximum atomic E-state index is 4.59. The van der Waals surface area contributed by atoms with Crippen LogP contribution in [-0.2, 0) is 13.1 Å². The molecule has 3 aromatic rings. The molecule has 3 heterocycles.